The Morgan fingerprint density at radius 3 is 2.28 bits per heavy atom. The molecule has 18 heavy (non-hydrogen) atoms. The summed E-state index contributed by atoms with van der Waals surface area (Å²) in [4.78, 5) is 11.8. The van der Waals surface area contributed by atoms with E-state index >= 15 is 0 Å². The highest BCUT2D eigenvalue weighted by atomic mass is 35.5. The van der Waals surface area contributed by atoms with Crippen LogP contribution in [0.3, 0.4) is 0 Å². The number of hydrogen-bond acceptors (Lipinski definition) is 2. The van der Waals surface area contributed by atoms with Crippen LogP contribution in [-0.4, -0.2) is 24.9 Å². The Labute approximate surface area is 111 Å². The molecule has 0 radical (unpaired) electrons. The lowest BCUT2D eigenvalue weighted by Gasteiger charge is -2.16. The van der Waals surface area contributed by atoms with Crippen molar-refractivity contribution in [1.29, 1.82) is 0 Å². The Hall–Kier alpha value is -1.20. The molecule has 0 atom stereocenters. The van der Waals surface area contributed by atoms with E-state index in [9.17, 15) is 13.6 Å². The summed E-state index contributed by atoms with van der Waals surface area (Å²) in [6, 6.07) is 5.35. The third-order valence-corrected chi connectivity index (χ3v) is 2.51. The summed E-state index contributed by atoms with van der Waals surface area (Å²) in [5.74, 6) is -3.56. The van der Waals surface area contributed by atoms with Gasteiger partial charge in [0.25, 0.3) is 11.8 Å². The van der Waals surface area contributed by atoms with Crippen molar-refractivity contribution in [1.82, 2.24) is 5.32 Å². The average molecular weight is 279 g/mol. The number of nitrogens with one attached hydrogen (secondary N) is 1. The van der Waals surface area contributed by atoms with E-state index in [1.54, 1.807) is 26.0 Å². The lowest BCUT2D eigenvalue weighted by molar-refractivity contribution is 0.0118. The van der Waals surface area contributed by atoms with Crippen LogP contribution in [0, 0.1) is 13.8 Å². The van der Waals surface area contributed by atoms with Gasteiger partial charge in [-0.3, -0.25) is 4.79 Å². The van der Waals surface area contributed by atoms with Gasteiger partial charge in [0, 0.05) is 5.56 Å². The first-order chi connectivity index (χ1) is 7.87. The van der Waals surface area contributed by atoms with E-state index in [2.05, 4.69) is 5.32 Å². The molecule has 0 saturated carbocycles. The van der Waals surface area contributed by atoms with Crippen molar-refractivity contribution in [3.8, 4) is 0 Å². The van der Waals surface area contributed by atoms with Crippen molar-refractivity contribution in [3.63, 3.8) is 0 Å². The highest BCUT2D eigenvalue weighted by Gasteiger charge is 2.27. The quantitative estimate of drug-likeness (QED) is 0.886. The summed E-state index contributed by atoms with van der Waals surface area (Å²) in [6.45, 7) is 2.02. The van der Waals surface area contributed by atoms with E-state index in [1.165, 1.54) is 0 Å². The summed E-state index contributed by atoms with van der Waals surface area (Å²) in [7, 11) is 0. The second kappa shape index (κ2) is 6.66. The van der Waals surface area contributed by atoms with Crippen molar-refractivity contribution >= 4 is 18.3 Å². The van der Waals surface area contributed by atoms with Crippen LogP contribution in [0.4, 0.5) is 8.78 Å². The molecule has 0 unspecified atom stereocenters. The van der Waals surface area contributed by atoms with E-state index in [0.29, 0.717) is 5.56 Å². The van der Waals surface area contributed by atoms with Gasteiger partial charge in [0.15, 0.2) is 0 Å². The molecule has 1 amide bonds. The van der Waals surface area contributed by atoms with E-state index in [1.807, 2.05) is 6.07 Å². The Morgan fingerprint density at radius 1 is 1.33 bits per heavy atom. The number of halogens is 3. The topological polar surface area (TPSA) is 55.1 Å². The van der Waals surface area contributed by atoms with Gasteiger partial charge in [-0.15, -0.1) is 12.4 Å². The molecule has 3 nitrogen and oxygen atoms in total. The van der Waals surface area contributed by atoms with Crippen molar-refractivity contribution in [3.05, 3.63) is 34.9 Å². The Bertz CT molecular complexity index is 404. The smallest absolute Gasteiger partial charge is 0.277 e. The first kappa shape index (κ1) is 16.8. The number of rotatable bonds is 4. The molecule has 0 aliphatic heterocycles. The van der Waals surface area contributed by atoms with E-state index in [0.717, 1.165) is 11.1 Å². The van der Waals surface area contributed by atoms with E-state index in [4.69, 9.17) is 5.73 Å². The first-order valence-electron chi connectivity index (χ1n) is 5.30. The minimum Gasteiger partial charge on any atom is -0.346 e. The monoisotopic (exact) mass is 278 g/mol. The third kappa shape index (κ3) is 4.23. The molecule has 0 fully saturated rings. The zero-order valence-electron chi connectivity index (χ0n) is 10.3. The van der Waals surface area contributed by atoms with Gasteiger partial charge < -0.3 is 11.1 Å². The molecule has 1 aromatic rings. The highest BCUT2D eigenvalue weighted by Crippen LogP contribution is 2.14. The van der Waals surface area contributed by atoms with Crippen molar-refractivity contribution < 1.29 is 13.6 Å². The minimum absolute atomic E-state index is 0. The average Bonchev–Trinajstić information content (AvgIpc) is 2.26. The molecule has 6 heteroatoms. The van der Waals surface area contributed by atoms with Crippen LogP contribution in [0.2, 0.25) is 0 Å². The van der Waals surface area contributed by atoms with Gasteiger partial charge in [-0.05, 0) is 25.0 Å². The predicted molar refractivity (Wildman–Crippen MR) is 69.5 cm³/mol. The molecule has 0 heterocycles. The molecule has 0 saturated heterocycles. The first-order valence-corrected chi connectivity index (χ1v) is 5.30. The summed E-state index contributed by atoms with van der Waals surface area (Å²) in [5, 5.41) is 2.20. The van der Waals surface area contributed by atoms with Crippen LogP contribution in [-0.2, 0) is 0 Å². The maximum absolute atomic E-state index is 12.9. The van der Waals surface area contributed by atoms with Crippen LogP contribution in [0.5, 0.6) is 0 Å². The number of amides is 1. The number of carbonyl (C=O) groups is 1. The van der Waals surface area contributed by atoms with Gasteiger partial charge in [0.05, 0.1) is 13.1 Å². The van der Waals surface area contributed by atoms with Gasteiger partial charge >= 0.3 is 0 Å². The van der Waals surface area contributed by atoms with E-state index in [-0.39, 0.29) is 12.4 Å². The summed E-state index contributed by atoms with van der Waals surface area (Å²) < 4.78 is 25.8. The van der Waals surface area contributed by atoms with Crippen molar-refractivity contribution in [2.75, 3.05) is 13.1 Å². The molecule has 0 spiro atoms. The molecule has 0 aliphatic carbocycles. The molecule has 1 aromatic carbocycles. The normalized spacial score (nSPS) is 10.7. The highest BCUT2D eigenvalue weighted by molar-refractivity contribution is 5.97. The fourth-order valence-corrected chi connectivity index (χ4v) is 1.54. The van der Waals surface area contributed by atoms with Gasteiger partial charge in [0.2, 0.25) is 0 Å². The fourth-order valence-electron chi connectivity index (χ4n) is 1.54. The van der Waals surface area contributed by atoms with Crippen molar-refractivity contribution in [2.24, 2.45) is 5.73 Å². The lowest BCUT2D eigenvalue weighted by Crippen LogP contribution is -2.41. The zero-order valence-corrected chi connectivity index (χ0v) is 11.1. The minimum atomic E-state index is -3.06. The third-order valence-electron chi connectivity index (χ3n) is 2.51. The molecule has 102 valence electrons. The number of benzene rings is 1. The van der Waals surface area contributed by atoms with Crippen LogP contribution in [0.1, 0.15) is 21.5 Å². The summed E-state index contributed by atoms with van der Waals surface area (Å²) in [5.41, 5.74) is 6.86. The Kier molecular flexibility index (Phi) is 6.21. The molecule has 1 rings (SSSR count). The second-order valence-corrected chi connectivity index (χ2v) is 4.01. The molecule has 0 aliphatic rings. The molecular weight excluding hydrogens is 262 g/mol. The van der Waals surface area contributed by atoms with Gasteiger partial charge in [-0.1, -0.05) is 18.2 Å². The van der Waals surface area contributed by atoms with Crippen molar-refractivity contribution in [2.45, 2.75) is 19.8 Å². The maximum Gasteiger partial charge on any atom is 0.277 e. The summed E-state index contributed by atoms with van der Waals surface area (Å²) >= 11 is 0. The van der Waals surface area contributed by atoms with Gasteiger partial charge in [0.1, 0.15) is 0 Å². The van der Waals surface area contributed by atoms with Crippen LogP contribution < -0.4 is 11.1 Å². The van der Waals surface area contributed by atoms with Crippen LogP contribution >= 0.6 is 12.4 Å². The Morgan fingerprint density at radius 2 is 1.83 bits per heavy atom. The molecular formula is C12H17ClF2N2O. The fraction of sp³-hybridized carbons (Fsp3) is 0.417. The number of carbonyl (C=O) groups excluding carboxylic acids is 1. The number of hydrogen-bond donors (Lipinski definition) is 2. The zero-order chi connectivity index (χ0) is 13.1. The molecule has 0 aromatic heterocycles. The van der Waals surface area contributed by atoms with Crippen LogP contribution in [0.25, 0.3) is 0 Å². The Balaban J connectivity index is 0.00000289. The summed E-state index contributed by atoms with van der Waals surface area (Å²) in [6.07, 6.45) is 0. The molecule has 3 N–H and O–H groups in total. The maximum atomic E-state index is 12.9. The van der Waals surface area contributed by atoms with Gasteiger partial charge in [-0.25, -0.2) is 8.78 Å². The molecule has 0 bridgehead atoms. The number of nitrogens with two attached hydrogens (primary N) is 1. The largest absolute Gasteiger partial charge is 0.346 e. The standard InChI is InChI=1S/C12H16F2N2O.ClH/c1-8-4-3-5-9(2)10(8)11(17)16-7-12(13,14)6-15;/h3-5H,6-7,15H2,1-2H3,(H,16,17);1H. The van der Waals surface area contributed by atoms with Crippen LogP contribution in [0.15, 0.2) is 18.2 Å². The second-order valence-electron chi connectivity index (χ2n) is 4.01. The number of aryl methyl sites for hydroxylation is 2. The number of alkyl halides is 2. The van der Waals surface area contributed by atoms with E-state index < -0.39 is 24.9 Å². The lowest BCUT2D eigenvalue weighted by atomic mass is 10.0. The van der Waals surface area contributed by atoms with Gasteiger partial charge in [-0.2, -0.15) is 0 Å². The SMILES string of the molecule is Cc1cccc(C)c1C(=O)NCC(F)(F)CN.Cl. The predicted octanol–water partition coefficient (Wildman–Crippen LogP) is 2.05.